The van der Waals surface area contributed by atoms with Gasteiger partial charge in [-0.15, -0.1) is 11.3 Å². The minimum Gasteiger partial charge on any atom is -0.454 e. The molecule has 6 heteroatoms. The van der Waals surface area contributed by atoms with Crippen LogP contribution in [0, 0.1) is 0 Å². The molecule has 3 aromatic heterocycles. The molecule has 5 nitrogen and oxygen atoms in total. The van der Waals surface area contributed by atoms with Crippen molar-refractivity contribution in [3.63, 3.8) is 0 Å². The Morgan fingerprint density at radius 2 is 1.96 bits per heavy atom. The molecule has 4 heterocycles. The molecule has 0 saturated heterocycles. The summed E-state index contributed by atoms with van der Waals surface area (Å²) in [5.41, 5.74) is 5.77. The molecule has 0 unspecified atom stereocenters. The van der Waals surface area contributed by atoms with Gasteiger partial charge in [-0.05, 0) is 24.3 Å². The van der Waals surface area contributed by atoms with E-state index in [1.165, 1.54) is 10.1 Å². The molecule has 6 rings (SSSR count). The zero-order valence-corrected chi connectivity index (χ0v) is 12.6. The Morgan fingerprint density at radius 3 is 2.91 bits per heavy atom. The Morgan fingerprint density at radius 1 is 1.04 bits per heavy atom. The van der Waals surface area contributed by atoms with E-state index >= 15 is 0 Å². The third-order valence-corrected chi connectivity index (χ3v) is 5.19. The molecule has 0 saturated carbocycles. The predicted molar refractivity (Wildman–Crippen MR) is 90.4 cm³/mol. The minimum atomic E-state index is 0.272. The first kappa shape index (κ1) is 11.7. The predicted octanol–water partition coefficient (Wildman–Crippen LogP) is 4.21. The molecule has 0 aliphatic carbocycles. The fraction of sp³-hybridized carbons (Fsp3) is 0.0588. The number of benzene rings is 2. The molecular formula is C17H9N3O2S. The normalized spacial score (nSPS) is 13.7. The first-order valence-electron chi connectivity index (χ1n) is 7.25. The number of rotatable bonds is 0. The van der Waals surface area contributed by atoms with E-state index in [0.717, 1.165) is 44.5 Å². The maximum Gasteiger partial charge on any atom is 0.231 e. The SMILES string of the molecule is c1nc2ccc3[nH]c4nc5cc6c(cc5cc4c3c2s1)OCO6. The van der Waals surface area contributed by atoms with E-state index in [9.17, 15) is 0 Å². The maximum atomic E-state index is 5.48. The zero-order chi connectivity index (χ0) is 15.0. The molecule has 110 valence electrons. The molecular weight excluding hydrogens is 310 g/mol. The fourth-order valence-electron chi connectivity index (χ4n) is 3.28. The van der Waals surface area contributed by atoms with Crippen LogP contribution in [0.25, 0.3) is 43.1 Å². The van der Waals surface area contributed by atoms with Gasteiger partial charge in [-0.2, -0.15) is 0 Å². The summed E-state index contributed by atoms with van der Waals surface area (Å²) in [6.07, 6.45) is 0. The van der Waals surface area contributed by atoms with E-state index < -0.39 is 0 Å². The summed E-state index contributed by atoms with van der Waals surface area (Å²) in [6, 6.07) is 10.2. The molecule has 1 N–H and O–H groups in total. The smallest absolute Gasteiger partial charge is 0.231 e. The highest BCUT2D eigenvalue weighted by Crippen LogP contribution is 2.39. The van der Waals surface area contributed by atoms with Gasteiger partial charge in [-0.25, -0.2) is 9.97 Å². The summed E-state index contributed by atoms with van der Waals surface area (Å²) in [6.45, 7) is 0.272. The van der Waals surface area contributed by atoms with Crippen molar-refractivity contribution in [1.82, 2.24) is 15.0 Å². The second-order valence-electron chi connectivity index (χ2n) is 5.60. The summed E-state index contributed by atoms with van der Waals surface area (Å²) >= 11 is 1.66. The first-order chi connectivity index (χ1) is 11.4. The van der Waals surface area contributed by atoms with E-state index in [2.05, 4.69) is 22.1 Å². The molecule has 2 aromatic carbocycles. The highest BCUT2D eigenvalue weighted by molar-refractivity contribution is 7.17. The number of hydrogen-bond donors (Lipinski definition) is 1. The average Bonchev–Trinajstić information content (AvgIpc) is 3.26. The summed E-state index contributed by atoms with van der Waals surface area (Å²) in [5.74, 6) is 1.53. The highest BCUT2D eigenvalue weighted by atomic mass is 32.1. The number of ether oxygens (including phenoxy) is 2. The number of fused-ring (bicyclic) bond motifs is 7. The van der Waals surface area contributed by atoms with Crippen molar-refractivity contribution in [2.75, 3.05) is 6.79 Å². The van der Waals surface area contributed by atoms with Crippen LogP contribution < -0.4 is 9.47 Å². The molecule has 5 aromatic rings. The standard InChI is InChI=1S/C17H9N3O2S/c1-2-11-16(23-6-18-11)15-9-3-8-4-13-14(22-7-21-13)5-12(8)20-17(9)19-10(1)15/h1-6H,7H2,(H,19,20). The van der Waals surface area contributed by atoms with Gasteiger partial charge in [0.05, 0.1) is 21.2 Å². The minimum absolute atomic E-state index is 0.272. The summed E-state index contributed by atoms with van der Waals surface area (Å²) in [5, 5.41) is 3.34. The van der Waals surface area contributed by atoms with Gasteiger partial charge in [0.1, 0.15) is 5.65 Å². The molecule has 0 radical (unpaired) electrons. The van der Waals surface area contributed by atoms with E-state index in [0.29, 0.717) is 0 Å². The number of pyridine rings is 1. The Balaban J connectivity index is 1.82. The van der Waals surface area contributed by atoms with Gasteiger partial charge in [0, 0.05) is 27.7 Å². The Kier molecular flexibility index (Phi) is 1.98. The lowest BCUT2D eigenvalue weighted by Crippen LogP contribution is -1.92. The van der Waals surface area contributed by atoms with Gasteiger partial charge in [-0.1, -0.05) is 0 Å². The molecule has 23 heavy (non-hydrogen) atoms. The van der Waals surface area contributed by atoms with Crippen molar-refractivity contribution >= 4 is 54.4 Å². The number of nitrogens with one attached hydrogen (secondary N) is 1. The topological polar surface area (TPSA) is 60.0 Å². The van der Waals surface area contributed by atoms with Crippen LogP contribution in [0.1, 0.15) is 0 Å². The molecule has 0 bridgehead atoms. The van der Waals surface area contributed by atoms with Crippen molar-refractivity contribution in [2.24, 2.45) is 0 Å². The molecule has 0 amide bonds. The van der Waals surface area contributed by atoms with Crippen molar-refractivity contribution in [3.05, 3.63) is 35.8 Å². The third kappa shape index (κ3) is 1.46. The Bertz CT molecular complexity index is 1250. The van der Waals surface area contributed by atoms with Crippen LogP contribution in [-0.2, 0) is 0 Å². The van der Waals surface area contributed by atoms with Crippen LogP contribution >= 0.6 is 11.3 Å². The van der Waals surface area contributed by atoms with Gasteiger partial charge < -0.3 is 14.5 Å². The van der Waals surface area contributed by atoms with Gasteiger partial charge in [0.25, 0.3) is 0 Å². The number of aromatic amines is 1. The van der Waals surface area contributed by atoms with Crippen molar-refractivity contribution in [2.45, 2.75) is 0 Å². The number of nitrogens with zero attached hydrogens (tertiary/aromatic N) is 2. The van der Waals surface area contributed by atoms with Crippen LogP contribution in [0.4, 0.5) is 0 Å². The first-order valence-corrected chi connectivity index (χ1v) is 8.13. The van der Waals surface area contributed by atoms with Gasteiger partial charge in [0.2, 0.25) is 6.79 Å². The fourth-order valence-corrected chi connectivity index (χ4v) is 4.13. The summed E-state index contributed by atoms with van der Waals surface area (Å²) in [4.78, 5) is 12.6. The van der Waals surface area contributed by atoms with Gasteiger partial charge in [-0.3, -0.25) is 0 Å². The summed E-state index contributed by atoms with van der Waals surface area (Å²) in [7, 11) is 0. The third-order valence-electron chi connectivity index (χ3n) is 4.33. The Hall–Kier alpha value is -2.86. The van der Waals surface area contributed by atoms with Crippen molar-refractivity contribution in [1.29, 1.82) is 0 Å². The van der Waals surface area contributed by atoms with Crippen molar-refractivity contribution < 1.29 is 9.47 Å². The lowest BCUT2D eigenvalue weighted by molar-refractivity contribution is 0.174. The Labute approximate surface area is 133 Å². The average molecular weight is 319 g/mol. The van der Waals surface area contributed by atoms with E-state index in [1.807, 2.05) is 23.7 Å². The van der Waals surface area contributed by atoms with Gasteiger partial charge in [0.15, 0.2) is 11.5 Å². The van der Waals surface area contributed by atoms with Gasteiger partial charge >= 0.3 is 0 Å². The van der Waals surface area contributed by atoms with E-state index in [4.69, 9.17) is 14.5 Å². The largest absolute Gasteiger partial charge is 0.454 e. The maximum absolute atomic E-state index is 5.48. The quantitative estimate of drug-likeness (QED) is 0.464. The monoisotopic (exact) mass is 319 g/mol. The van der Waals surface area contributed by atoms with Crippen molar-refractivity contribution in [3.8, 4) is 11.5 Å². The number of thiazole rings is 1. The molecule has 1 aliphatic rings. The lowest BCUT2D eigenvalue weighted by Gasteiger charge is -2.01. The molecule has 1 aliphatic heterocycles. The van der Waals surface area contributed by atoms with Crippen LogP contribution in [0.3, 0.4) is 0 Å². The second-order valence-corrected chi connectivity index (χ2v) is 6.45. The van der Waals surface area contributed by atoms with E-state index in [1.54, 1.807) is 11.3 Å². The van der Waals surface area contributed by atoms with Crippen LogP contribution in [0.5, 0.6) is 11.5 Å². The second kappa shape index (κ2) is 3.91. The summed E-state index contributed by atoms with van der Waals surface area (Å²) < 4.78 is 12.1. The number of H-pyrrole nitrogens is 1. The number of aromatic nitrogens is 3. The zero-order valence-electron chi connectivity index (χ0n) is 11.8. The number of hydrogen-bond acceptors (Lipinski definition) is 5. The molecule has 0 fully saturated rings. The highest BCUT2D eigenvalue weighted by Gasteiger charge is 2.17. The van der Waals surface area contributed by atoms with Crippen LogP contribution in [-0.4, -0.2) is 21.7 Å². The van der Waals surface area contributed by atoms with Crippen LogP contribution in [0.2, 0.25) is 0 Å². The lowest BCUT2D eigenvalue weighted by atomic mass is 10.1. The van der Waals surface area contributed by atoms with Crippen LogP contribution in [0.15, 0.2) is 35.8 Å². The molecule has 0 atom stereocenters. The van der Waals surface area contributed by atoms with E-state index in [-0.39, 0.29) is 6.79 Å². The molecule has 0 spiro atoms.